The van der Waals surface area contributed by atoms with Gasteiger partial charge in [0.15, 0.2) is 0 Å². The Labute approximate surface area is 208 Å². The first-order chi connectivity index (χ1) is 17.2. The first-order valence-corrected chi connectivity index (χ1v) is 12.0. The van der Waals surface area contributed by atoms with E-state index in [1.54, 1.807) is 0 Å². The van der Waals surface area contributed by atoms with Crippen molar-refractivity contribution in [2.75, 3.05) is 26.2 Å². The SMILES string of the molecule is OC(COc1ccc(OC(F)(F)F)cc1)CN1CCC(C(O)(c2ccccc2)c2ccccc2)CC1. The van der Waals surface area contributed by atoms with Crippen LogP contribution in [0, 0.1) is 5.92 Å². The van der Waals surface area contributed by atoms with Crippen molar-refractivity contribution in [3.63, 3.8) is 0 Å². The summed E-state index contributed by atoms with van der Waals surface area (Å²) in [4.78, 5) is 2.14. The van der Waals surface area contributed by atoms with Gasteiger partial charge in [-0.3, -0.25) is 0 Å². The molecule has 4 rings (SSSR count). The molecule has 1 atom stereocenters. The van der Waals surface area contributed by atoms with Crippen molar-refractivity contribution in [3.8, 4) is 11.5 Å². The number of benzene rings is 3. The molecule has 1 saturated heterocycles. The number of likely N-dealkylation sites (tertiary alicyclic amines) is 1. The molecule has 1 fully saturated rings. The number of nitrogens with zero attached hydrogens (tertiary/aromatic N) is 1. The molecule has 0 spiro atoms. The Hall–Kier alpha value is -3.07. The highest BCUT2D eigenvalue weighted by molar-refractivity contribution is 5.37. The first kappa shape index (κ1) is 26.0. The van der Waals surface area contributed by atoms with Gasteiger partial charge < -0.3 is 24.6 Å². The molecule has 0 amide bonds. The van der Waals surface area contributed by atoms with Crippen molar-refractivity contribution in [2.24, 2.45) is 5.92 Å². The second-order valence-corrected chi connectivity index (χ2v) is 9.06. The monoisotopic (exact) mass is 501 g/mol. The van der Waals surface area contributed by atoms with Crippen LogP contribution in [0.2, 0.25) is 0 Å². The third-order valence-electron chi connectivity index (χ3n) is 6.57. The normalized spacial score (nSPS) is 16.5. The molecule has 3 aromatic carbocycles. The van der Waals surface area contributed by atoms with Gasteiger partial charge in [0, 0.05) is 6.54 Å². The number of hydrogen-bond acceptors (Lipinski definition) is 5. The van der Waals surface area contributed by atoms with Crippen LogP contribution < -0.4 is 9.47 Å². The highest BCUT2D eigenvalue weighted by Gasteiger charge is 2.41. The minimum Gasteiger partial charge on any atom is -0.491 e. The smallest absolute Gasteiger partial charge is 0.491 e. The number of aliphatic hydroxyl groups excluding tert-OH is 1. The number of alkyl halides is 3. The van der Waals surface area contributed by atoms with E-state index in [0.29, 0.717) is 25.4 Å². The van der Waals surface area contributed by atoms with Crippen LogP contribution in [0.5, 0.6) is 11.5 Å². The third-order valence-corrected chi connectivity index (χ3v) is 6.57. The summed E-state index contributed by atoms with van der Waals surface area (Å²) in [6.07, 6.45) is -4.00. The molecule has 3 aromatic rings. The molecule has 0 saturated carbocycles. The van der Waals surface area contributed by atoms with Gasteiger partial charge >= 0.3 is 6.36 Å². The number of aliphatic hydroxyl groups is 2. The number of ether oxygens (including phenoxy) is 2. The third kappa shape index (κ3) is 6.57. The zero-order chi connectivity index (χ0) is 25.6. The van der Waals surface area contributed by atoms with Crippen molar-refractivity contribution in [2.45, 2.75) is 30.9 Å². The van der Waals surface area contributed by atoms with E-state index in [0.717, 1.165) is 24.0 Å². The average molecular weight is 502 g/mol. The fraction of sp³-hybridized carbons (Fsp3) is 0.357. The molecular formula is C28H30F3NO4. The van der Waals surface area contributed by atoms with E-state index in [9.17, 15) is 23.4 Å². The topological polar surface area (TPSA) is 62.2 Å². The number of hydrogen-bond donors (Lipinski definition) is 2. The molecule has 1 aliphatic rings. The van der Waals surface area contributed by atoms with Crippen LogP contribution >= 0.6 is 0 Å². The fourth-order valence-electron chi connectivity index (χ4n) is 4.84. The zero-order valence-electron chi connectivity index (χ0n) is 19.8. The maximum Gasteiger partial charge on any atom is 0.573 e. The molecule has 1 unspecified atom stereocenters. The lowest BCUT2D eigenvalue weighted by atomic mass is 9.72. The van der Waals surface area contributed by atoms with Crippen LogP contribution in [0.1, 0.15) is 24.0 Å². The highest BCUT2D eigenvalue weighted by Crippen LogP contribution is 2.41. The van der Waals surface area contributed by atoms with Crippen molar-refractivity contribution in [3.05, 3.63) is 96.1 Å². The number of piperidine rings is 1. The molecule has 8 heteroatoms. The summed E-state index contributed by atoms with van der Waals surface area (Å²) in [5.74, 6) is 0.0340. The molecule has 0 aliphatic carbocycles. The predicted molar refractivity (Wildman–Crippen MR) is 130 cm³/mol. The Morgan fingerprint density at radius 2 is 1.31 bits per heavy atom. The average Bonchev–Trinajstić information content (AvgIpc) is 2.88. The summed E-state index contributed by atoms with van der Waals surface area (Å²) in [5.41, 5.74) is 0.641. The quantitative estimate of drug-likeness (QED) is 0.434. The van der Waals surface area contributed by atoms with Crippen LogP contribution in [0.15, 0.2) is 84.9 Å². The predicted octanol–water partition coefficient (Wildman–Crippen LogP) is 4.97. The second kappa shape index (κ2) is 11.3. The minimum atomic E-state index is -4.75. The number of β-amino-alcohol motifs (C(OH)–C–C–N with tert-alkyl or cyclic N) is 1. The number of halogens is 3. The van der Waals surface area contributed by atoms with Crippen LogP contribution in [0.3, 0.4) is 0 Å². The van der Waals surface area contributed by atoms with E-state index in [4.69, 9.17) is 4.74 Å². The van der Waals surface area contributed by atoms with Gasteiger partial charge in [-0.25, -0.2) is 0 Å². The van der Waals surface area contributed by atoms with Crippen molar-refractivity contribution >= 4 is 0 Å². The summed E-state index contributed by atoms with van der Waals surface area (Å²) in [6.45, 7) is 1.84. The molecule has 2 N–H and O–H groups in total. The summed E-state index contributed by atoms with van der Waals surface area (Å²) in [7, 11) is 0. The largest absolute Gasteiger partial charge is 0.573 e. The standard InChI is InChI=1S/C28H30F3NO4/c29-28(30,31)36-26-13-11-25(12-14-26)35-20-24(33)19-32-17-15-23(16-18-32)27(34,21-7-3-1-4-8-21)22-9-5-2-6-10-22/h1-14,23-24,33-34H,15-20H2. The first-order valence-electron chi connectivity index (χ1n) is 12.0. The lowest BCUT2D eigenvalue weighted by Gasteiger charge is -2.42. The highest BCUT2D eigenvalue weighted by atomic mass is 19.4. The minimum absolute atomic E-state index is 0.0113. The molecule has 0 aromatic heterocycles. The summed E-state index contributed by atoms with van der Waals surface area (Å²) in [5, 5.41) is 22.4. The molecule has 192 valence electrons. The molecule has 0 bridgehead atoms. The van der Waals surface area contributed by atoms with E-state index in [1.165, 1.54) is 24.3 Å². The van der Waals surface area contributed by atoms with E-state index in [2.05, 4.69) is 9.64 Å². The van der Waals surface area contributed by atoms with Gasteiger partial charge in [-0.15, -0.1) is 13.2 Å². The Kier molecular flexibility index (Phi) is 8.18. The van der Waals surface area contributed by atoms with E-state index in [1.807, 2.05) is 60.7 Å². The Morgan fingerprint density at radius 1 is 0.806 bits per heavy atom. The lowest BCUT2D eigenvalue weighted by Crippen LogP contribution is -2.46. The van der Waals surface area contributed by atoms with E-state index in [-0.39, 0.29) is 18.3 Å². The lowest BCUT2D eigenvalue weighted by molar-refractivity contribution is -0.274. The molecule has 5 nitrogen and oxygen atoms in total. The van der Waals surface area contributed by atoms with Crippen molar-refractivity contribution in [1.82, 2.24) is 4.90 Å². The Morgan fingerprint density at radius 3 is 1.81 bits per heavy atom. The Bertz CT molecular complexity index is 1030. The van der Waals surface area contributed by atoms with Gasteiger partial charge in [0.05, 0.1) is 0 Å². The molecule has 1 heterocycles. The van der Waals surface area contributed by atoms with Gasteiger partial charge in [-0.2, -0.15) is 0 Å². The van der Waals surface area contributed by atoms with Crippen LogP contribution in [-0.4, -0.2) is 53.8 Å². The summed E-state index contributed by atoms with van der Waals surface area (Å²) >= 11 is 0. The fourth-order valence-corrected chi connectivity index (χ4v) is 4.84. The second-order valence-electron chi connectivity index (χ2n) is 9.06. The van der Waals surface area contributed by atoms with Gasteiger partial charge in [-0.05, 0) is 67.2 Å². The molecule has 36 heavy (non-hydrogen) atoms. The molecule has 1 aliphatic heterocycles. The molecule has 0 radical (unpaired) electrons. The maximum atomic E-state index is 12.3. The van der Waals surface area contributed by atoms with Crippen LogP contribution in [0.25, 0.3) is 0 Å². The van der Waals surface area contributed by atoms with Crippen molar-refractivity contribution < 1.29 is 32.9 Å². The van der Waals surface area contributed by atoms with Gasteiger partial charge in [0.1, 0.15) is 29.8 Å². The van der Waals surface area contributed by atoms with Crippen LogP contribution in [0.4, 0.5) is 13.2 Å². The van der Waals surface area contributed by atoms with E-state index < -0.39 is 18.1 Å². The molecular weight excluding hydrogens is 471 g/mol. The Balaban J connectivity index is 1.30. The maximum absolute atomic E-state index is 12.3. The summed E-state index contributed by atoms with van der Waals surface area (Å²) in [6, 6.07) is 24.5. The van der Waals surface area contributed by atoms with Gasteiger partial charge in [-0.1, -0.05) is 60.7 Å². The zero-order valence-corrected chi connectivity index (χ0v) is 19.8. The number of rotatable bonds is 9. The summed E-state index contributed by atoms with van der Waals surface area (Å²) < 4.78 is 46.2. The van der Waals surface area contributed by atoms with Gasteiger partial charge in [0.25, 0.3) is 0 Å². The van der Waals surface area contributed by atoms with Crippen molar-refractivity contribution in [1.29, 1.82) is 0 Å². The van der Waals surface area contributed by atoms with E-state index >= 15 is 0 Å². The van der Waals surface area contributed by atoms with Crippen LogP contribution in [-0.2, 0) is 5.60 Å². The van der Waals surface area contributed by atoms with Gasteiger partial charge in [0.2, 0.25) is 0 Å².